The highest BCUT2D eigenvalue weighted by Crippen LogP contribution is 2.26. The highest BCUT2D eigenvalue weighted by Gasteiger charge is 2.16. The summed E-state index contributed by atoms with van der Waals surface area (Å²) in [5.74, 6) is 0.0434. The van der Waals surface area contributed by atoms with E-state index in [2.05, 4.69) is 0 Å². The van der Waals surface area contributed by atoms with Gasteiger partial charge in [0, 0.05) is 12.1 Å². The Kier molecular flexibility index (Phi) is 4.12. The summed E-state index contributed by atoms with van der Waals surface area (Å²) < 4.78 is 18.8. The summed E-state index contributed by atoms with van der Waals surface area (Å²) >= 11 is 0. The number of ether oxygens (including phenoxy) is 1. The largest absolute Gasteiger partial charge is 0.493 e. The third-order valence-electron chi connectivity index (χ3n) is 3.33. The lowest BCUT2D eigenvalue weighted by atomic mass is 9.90. The Labute approximate surface area is 105 Å². The van der Waals surface area contributed by atoms with E-state index in [0.717, 1.165) is 25.0 Å². The first kappa shape index (κ1) is 12.8. The second-order valence-electron chi connectivity index (χ2n) is 4.69. The number of halogens is 1. The average Bonchev–Trinajstić information content (AvgIpc) is 2.37. The normalized spacial score (nSPS) is 16.5. The molecule has 1 fully saturated rings. The van der Waals surface area contributed by atoms with Crippen molar-refractivity contribution in [2.45, 2.75) is 32.1 Å². The fourth-order valence-corrected chi connectivity index (χ4v) is 2.29. The second-order valence-corrected chi connectivity index (χ2v) is 4.69. The maximum absolute atomic E-state index is 13.3. The predicted octanol–water partition coefficient (Wildman–Crippen LogP) is 3.69. The van der Waals surface area contributed by atoms with Gasteiger partial charge in [0.1, 0.15) is 5.75 Å². The Morgan fingerprint density at radius 3 is 2.67 bits per heavy atom. The Hall–Kier alpha value is -1.65. The standard InChI is InChI=1S/C13H16FNO3/c14-12-8-11(6-7-13(12)15(16)17)18-9-10-4-2-1-3-5-10/h6-8,10H,1-5,9H2. The zero-order valence-electron chi connectivity index (χ0n) is 10.1. The molecule has 18 heavy (non-hydrogen) atoms. The van der Waals surface area contributed by atoms with Crippen LogP contribution >= 0.6 is 0 Å². The minimum Gasteiger partial charge on any atom is -0.493 e. The fourth-order valence-electron chi connectivity index (χ4n) is 2.29. The molecule has 4 nitrogen and oxygen atoms in total. The van der Waals surface area contributed by atoms with E-state index in [-0.39, 0.29) is 0 Å². The summed E-state index contributed by atoms with van der Waals surface area (Å²) in [6.45, 7) is 0.567. The van der Waals surface area contributed by atoms with Gasteiger partial charge in [-0.1, -0.05) is 19.3 Å². The molecule has 1 aliphatic carbocycles. The molecule has 5 heteroatoms. The zero-order valence-corrected chi connectivity index (χ0v) is 10.1. The zero-order chi connectivity index (χ0) is 13.0. The number of rotatable bonds is 4. The molecular formula is C13H16FNO3. The molecule has 0 bridgehead atoms. The van der Waals surface area contributed by atoms with Crippen molar-refractivity contribution in [3.05, 3.63) is 34.1 Å². The summed E-state index contributed by atoms with van der Waals surface area (Å²) in [5, 5.41) is 10.5. The molecule has 0 saturated heterocycles. The molecule has 0 heterocycles. The molecule has 0 amide bonds. The summed E-state index contributed by atoms with van der Waals surface area (Å²) in [6, 6.07) is 3.68. The summed E-state index contributed by atoms with van der Waals surface area (Å²) in [6.07, 6.45) is 6.03. The first-order chi connectivity index (χ1) is 8.66. The summed E-state index contributed by atoms with van der Waals surface area (Å²) in [5.41, 5.74) is -0.514. The fraction of sp³-hybridized carbons (Fsp3) is 0.538. The van der Waals surface area contributed by atoms with Crippen LogP contribution in [0.3, 0.4) is 0 Å². The topological polar surface area (TPSA) is 52.4 Å². The van der Waals surface area contributed by atoms with Crippen molar-refractivity contribution in [2.24, 2.45) is 5.92 Å². The molecular weight excluding hydrogens is 237 g/mol. The van der Waals surface area contributed by atoms with Crippen molar-refractivity contribution in [2.75, 3.05) is 6.61 Å². The van der Waals surface area contributed by atoms with Crippen LogP contribution in [0.4, 0.5) is 10.1 Å². The van der Waals surface area contributed by atoms with E-state index in [0.29, 0.717) is 18.3 Å². The molecule has 0 N–H and O–H groups in total. The van der Waals surface area contributed by atoms with Crippen molar-refractivity contribution >= 4 is 5.69 Å². The van der Waals surface area contributed by atoms with Crippen LogP contribution in [0.25, 0.3) is 0 Å². The second kappa shape index (κ2) is 5.80. The van der Waals surface area contributed by atoms with Crippen LogP contribution < -0.4 is 4.74 Å². The maximum Gasteiger partial charge on any atom is 0.305 e. The molecule has 0 radical (unpaired) electrons. The van der Waals surface area contributed by atoms with Crippen molar-refractivity contribution in [3.63, 3.8) is 0 Å². The Balaban J connectivity index is 1.93. The van der Waals surface area contributed by atoms with Gasteiger partial charge < -0.3 is 4.74 Å². The van der Waals surface area contributed by atoms with Crippen LogP contribution in [0, 0.1) is 21.8 Å². The lowest BCUT2D eigenvalue weighted by molar-refractivity contribution is -0.387. The van der Waals surface area contributed by atoms with Gasteiger partial charge in [-0.05, 0) is 24.8 Å². The Morgan fingerprint density at radius 2 is 2.06 bits per heavy atom. The van der Waals surface area contributed by atoms with Gasteiger partial charge in [0.15, 0.2) is 0 Å². The number of nitro benzene ring substituents is 1. The van der Waals surface area contributed by atoms with Gasteiger partial charge in [-0.15, -0.1) is 0 Å². The van der Waals surface area contributed by atoms with E-state index in [1.807, 2.05) is 0 Å². The molecule has 0 unspecified atom stereocenters. The Bertz CT molecular complexity index is 430. The molecule has 1 aromatic carbocycles. The maximum atomic E-state index is 13.3. The highest BCUT2D eigenvalue weighted by molar-refractivity contribution is 5.37. The minimum absolute atomic E-state index is 0.365. The summed E-state index contributed by atoms with van der Waals surface area (Å²) in [7, 11) is 0. The quantitative estimate of drug-likeness (QED) is 0.607. The van der Waals surface area contributed by atoms with Gasteiger partial charge in [-0.3, -0.25) is 10.1 Å². The van der Waals surface area contributed by atoms with Crippen LogP contribution in [0.1, 0.15) is 32.1 Å². The van der Waals surface area contributed by atoms with Gasteiger partial charge >= 0.3 is 5.69 Å². The predicted molar refractivity (Wildman–Crippen MR) is 65.1 cm³/mol. The number of hydrogen-bond donors (Lipinski definition) is 0. The smallest absolute Gasteiger partial charge is 0.305 e. The molecule has 2 rings (SSSR count). The van der Waals surface area contributed by atoms with Crippen molar-refractivity contribution < 1.29 is 14.1 Å². The molecule has 1 saturated carbocycles. The number of nitro groups is 1. The van der Waals surface area contributed by atoms with Gasteiger partial charge in [0.25, 0.3) is 0 Å². The molecule has 0 spiro atoms. The van der Waals surface area contributed by atoms with Crippen LogP contribution in [-0.2, 0) is 0 Å². The number of hydrogen-bond acceptors (Lipinski definition) is 3. The van der Waals surface area contributed by atoms with E-state index in [4.69, 9.17) is 4.74 Å². The number of nitrogens with zero attached hydrogens (tertiary/aromatic N) is 1. The monoisotopic (exact) mass is 253 g/mol. The van der Waals surface area contributed by atoms with Gasteiger partial charge in [-0.25, -0.2) is 0 Å². The third-order valence-corrected chi connectivity index (χ3v) is 3.33. The lowest BCUT2D eigenvalue weighted by Gasteiger charge is -2.21. The highest BCUT2D eigenvalue weighted by atomic mass is 19.1. The molecule has 1 aromatic rings. The molecule has 98 valence electrons. The van der Waals surface area contributed by atoms with Crippen LogP contribution in [0.5, 0.6) is 5.75 Å². The van der Waals surface area contributed by atoms with Crippen molar-refractivity contribution in [3.8, 4) is 5.75 Å². The lowest BCUT2D eigenvalue weighted by Crippen LogP contribution is -2.15. The first-order valence-electron chi connectivity index (χ1n) is 6.23. The van der Waals surface area contributed by atoms with E-state index < -0.39 is 16.4 Å². The van der Waals surface area contributed by atoms with Crippen molar-refractivity contribution in [1.82, 2.24) is 0 Å². The first-order valence-corrected chi connectivity index (χ1v) is 6.23. The number of benzene rings is 1. The van der Waals surface area contributed by atoms with E-state index in [1.165, 1.54) is 25.3 Å². The minimum atomic E-state index is -0.846. The Morgan fingerprint density at radius 1 is 1.33 bits per heavy atom. The third kappa shape index (κ3) is 3.18. The molecule has 1 aliphatic rings. The van der Waals surface area contributed by atoms with Gasteiger partial charge in [-0.2, -0.15) is 4.39 Å². The molecule has 0 aliphatic heterocycles. The average molecular weight is 253 g/mol. The molecule has 0 atom stereocenters. The van der Waals surface area contributed by atoms with Crippen LogP contribution in [-0.4, -0.2) is 11.5 Å². The van der Waals surface area contributed by atoms with Crippen LogP contribution in [0.2, 0.25) is 0 Å². The van der Waals surface area contributed by atoms with E-state index in [9.17, 15) is 14.5 Å². The van der Waals surface area contributed by atoms with Crippen molar-refractivity contribution in [1.29, 1.82) is 0 Å². The molecule has 0 aromatic heterocycles. The SMILES string of the molecule is O=[N+]([O-])c1ccc(OCC2CCCCC2)cc1F. The van der Waals surface area contributed by atoms with Gasteiger partial charge in [0.05, 0.1) is 11.5 Å². The van der Waals surface area contributed by atoms with E-state index in [1.54, 1.807) is 0 Å². The summed E-state index contributed by atoms with van der Waals surface area (Å²) in [4.78, 5) is 9.73. The van der Waals surface area contributed by atoms with Crippen LogP contribution in [0.15, 0.2) is 18.2 Å². The van der Waals surface area contributed by atoms with Gasteiger partial charge in [0.2, 0.25) is 5.82 Å². The van der Waals surface area contributed by atoms with E-state index >= 15 is 0 Å².